The lowest BCUT2D eigenvalue weighted by Gasteiger charge is -2.21. The number of aromatic nitrogens is 1. The zero-order valence-electron chi connectivity index (χ0n) is 8.99. The highest BCUT2D eigenvalue weighted by atomic mass is 16.3. The second-order valence-corrected chi connectivity index (χ2v) is 3.93. The van der Waals surface area contributed by atoms with Gasteiger partial charge in [-0.3, -0.25) is 0 Å². The first kappa shape index (κ1) is 11.7. The molecule has 1 aromatic heterocycles. The minimum atomic E-state index is -1.14. The smallest absolute Gasteiger partial charge is 0.126 e. The van der Waals surface area contributed by atoms with Crippen molar-refractivity contribution in [3.8, 4) is 0 Å². The van der Waals surface area contributed by atoms with E-state index in [9.17, 15) is 5.11 Å². The molecule has 0 radical (unpaired) electrons. The molecule has 0 amide bonds. The lowest BCUT2D eigenvalue weighted by atomic mass is 10.1. The highest BCUT2D eigenvalue weighted by Crippen LogP contribution is 2.13. The van der Waals surface area contributed by atoms with Gasteiger partial charge in [0.05, 0.1) is 18.5 Å². The number of hydrogen-bond acceptors (Lipinski definition) is 5. The number of nitrogens with two attached hydrogens (primary N) is 1. The van der Waals surface area contributed by atoms with Crippen molar-refractivity contribution in [1.82, 2.24) is 4.98 Å². The molecule has 84 valence electrons. The van der Waals surface area contributed by atoms with Crippen LogP contribution in [0.3, 0.4) is 0 Å². The summed E-state index contributed by atoms with van der Waals surface area (Å²) in [4.78, 5) is 4.05. The fourth-order valence-corrected chi connectivity index (χ4v) is 1.00. The molecule has 0 spiro atoms. The lowest BCUT2D eigenvalue weighted by Crippen LogP contribution is -2.37. The van der Waals surface area contributed by atoms with Gasteiger partial charge in [0, 0.05) is 6.54 Å². The average Bonchev–Trinajstić information content (AvgIpc) is 2.20. The Morgan fingerprint density at radius 2 is 2.27 bits per heavy atom. The number of nitrogens with zero attached hydrogens (tertiary/aromatic N) is 1. The van der Waals surface area contributed by atoms with Crippen molar-refractivity contribution in [1.29, 1.82) is 0 Å². The number of nitrogen functional groups attached to an aromatic ring is 1. The van der Waals surface area contributed by atoms with Gasteiger partial charge in [-0.1, -0.05) is 0 Å². The quantitative estimate of drug-likeness (QED) is 0.568. The molecule has 0 saturated carbocycles. The maximum absolute atomic E-state index is 9.54. The second kappa shape index (κ2) is 4.46. The van der Waals surface area contributed by atoms with Crippen molar-refractivity contribution in [2.24, 2.45) is 0 Å². The van der Waals surface area contributed by atoms with Crippen molar-refractivity contribution in [3.63, 3.8) is 0 Å². The van der Waals surface area contributed by atoms with Gasteiger partial charge in [-0.2, -0.15) is 0 Å². The maximum Gasteiger partial charge on any atom is 0.126 e. The van der Waals surface area contributed by atoms with E-state index in [1.54, 1.807) is 19.2 Å². The molecule has 0 saturated heterocycles. The van der Waals surface area contributed by atoms with E-state index in [-0.39, 0.29) is 13.2 Å². The SMILES string of the molecule is Cc1cc(NCC(C)(O)CO)ncc1N. The molecular formula is C10H17N3O2. The van der Waals surface area contributed by atoms with Crippen LogP contribution in [0, 0.1) is 6.92 Å². The standard InChI is InChI=1S/C10H17N3O2/c1-7-3-9(12-4-8(7)11)13-5-10(2,15)6-14/h3-4,14-15H,5-6,11H2,1-2H3,(H,12,13). The van der Waals surface area contributed by atoms with Gasteiger partial charge in [-0.05, 0) is 25.5 Å². The summed E-state index contributed by atoms with van der Waals surface area (Å²) in [5.41, 5.74) is 6.04. The third kappa shape index (κ3) is 3.38. The fourth-order valence-electron chi connectivity index (χ4n) is 1.00. The number of aryl methyl sites for hydroxylation is 1. The summed E-state index contributed by atoms with van der Waals surface area (Å²) in [5.74, 6) is 0.635. The third-order valence-corrected chi connectivity index (χ3v) is 2.14. The number of aliphatic hydroxyl groups is 2. The van der Waals surface area contributed by atoms with Gasteiger partial charge in [-0.25, -0.2) is 4.98 Å². The molecule has 1 heterocycles. The van der Waals surface area contributed by atoms with E-state index in [0.29, 0.717) is 11.5 Å². The average molecular weight is 211 g/mol. The first-order valence-corrected chi connectivity index (χ1v) is 4.74. The van der Waals surface area contributed by atoms with Gasteiger partial charge in [0.15, 0.2) is 0 Å². The van der Waals surface area contributed by atoms with E-state index in [0.717, 1.165) is 5.56 Å². The first-order valence-electron chi connectivity index (χ1n) is 4.74. The summed E-state index contributed by atoms with van der Waals surface area (Å²) in [5, 5.41) is 21.3. The lowest BCUT2D eigenvalue weighted by molar-refractivity contribution is 0.0132. The Morgan fingerprint density at radius 1 is 1.60 bits per heavy atom. The maximum atomic E-state index is 9.54. The van der Waals surface area contributed by atoms with Crippen molar-refractivity contribution >= 4 is 11.5 Å². The Morgan fingerprint density at radius 3 is 2.80 bits per heavy atom. The van der Waals surface area contributed by atoms with E-state index in [1.807, 2.05) is 6.92 Å². The third-order valence-electron chi connectivity index (χ3n) is 2.14. The summed E-state index contributed by atoms with van der Waals surface area (Å²) in [6.07, 6.45) is 1.56. The molecule has 0 aromatic carbocycles. The molecule has 0 fully saturated rings. The van der Waals surface area contributed by atoms with Crippen molar-refractivity contribution in [2.75, 3.05) is 24.2 Å². The number of pyridine rings is 1. The number of nitrogens with one attached hydrogen (secondary N) is 1. The zero-order valence-corrected chi connectivity index (χ0v) is 8.99. The van der Waals surface area contributed by atoms with Crippen LogP contribution in [-0.4, -0.2) is 33.9 Å². The fraction of sp³-hybridized carbons (Fsp3) is 0.500. The van der Waals surface area contributed by atoms with Crippen molar-refractivity contribution < 1.29 is 10.2 Å². The largest absolute Gasteiger partial charge is 0.397 e. The molecule has 1 atom stereocenters. The van der Waals surface area contributed by atoms with E-state index in [1.165, 1.54) is 0 Å². The Hall–Kier alpha value is -1.33. The molecule has 1 aromatic rings. The highest BCUT2D eigenvalue weighted by molar-refractivity contribution is 5.50. The molecule has 0 bridgehead atoms. The van der Waals surface area contributed by atoms with Crippen LogP contribution in [0.1, 0.15) is 12.5 Å². The van der Waals surface area contributed by atoms with Crippen LogP contribution in [0.15, 0.2) is 12.3 Å². The Bertz CT molecular complexity index is 339. The van der Waals surface area contributed by atoms with Gasteiger partial charge >= 0.3 is 0 Å². The summed E-state index contributed by atoms with van der Waals surface area (Å²) in [6.45, 7) is 3.37. The molecule has 1 rings (SSSR count). The van der Waals surface area contributed by atoms with Gasteiger partial charge in [0.2, 0.25) is 0 Å². The normalized spacial score (nSPS) is 14.7. The van der Waals surface area contributed by atoms with Gasteiger partial charge in [-0.15, -0.1) is 0 Å². The number of hydrogen-bond donors (Lipinski definition) is 4. The predicted molar refractivity (Wildman–Crippen MR) is 59.6 cm³/mol. The van der Waals surface area contributed by atoms with E-state index in [2.05, 4.69) is 10.3 Å². The van der Waals surface area contributed by atoms with E-state index in [4.69, 9.17) is 10.8 Å². The molecule has 5 N–H and O–H groups in total. The molecule has 5 nitrogen and oxygen atoms in total. The molecule has 1 unspecified atom stereocenters. The molecule has 0 aliphatic heterocycles. The van der Waals surface area contributed by atoms with E-state index >= 15 is 0 Å². The number of aliphatic hydroxyl groups excluding tert-OH is 1. The number of anilines is 2. The molecule has 0 aliphatic rings. The Labute approximate surface area is 89.0 Å². The van der Waals surface area contributed by atoms with Gasteiger partial charge < -0.3 is 21.3 Å². The van der Waals surface area contributed by atoms with Crippen LogP contribution in [0.5, 0.6) is 0 Å². The van der Waals surface area contributed by atoms with Crippen LogP contribution < -0.4 is 11.1 Å². The van der Waals surface area contributed by atoms with Crippen molar-refractivity contribution in [2.45, 2.75) is 19.4 Å². The minimum absolute atomic E-state index is 0.236. The van der Waals surface area contributed by atoms with Gasteiger partial charge in [0.1, 0.15) is 11.4 Å². The molecular weight excluding hydrogens is 194 g/mol. The summed E-state index contributed by atoms with van der Waals surface area (Å²) in [6, 6.07) is 1.79. The summed E-state index contributed by atoms with van der Waals surface area (Å²) >= 11 is 0. The van der Waals surface area contributed by atoms with Crippen LogP contribution in [0.25, 0.3) is 0 Å². The van der Waals surface area contributed by atoms with Crippen molar-refractivity contribution in [3.05, 3.63) is 17.8 Å². The molecule has 0 aliphatic carbocycles. The topological polar surface area (TPSA) is 91.4 Å². The predicted octanol–water partition coefficient (Wildman–Crippen LogP) is 0.127. The molecule has 5 heteroatoms. The van der Waals surface area contributed by atoms with Crippen LogP contribution in [0.2, 0.25) is 0 Å². The monoisotopic (exact) mass is 211 g/mol. The molecule has 15 heavy (non-hydrogen) atoms. The first-order chi connectivity index (χ1) is 6.94. The van der Waals surface area contributed by atoms with Crippen LogP contribution in [-0.2, 0) is 0 Å². The van der Waals surface area contributed by atoms with Crippen LogP contribution >= 0.6 is 0 Å². The van der Waals surface area contributed by atoms with Crippen LogP contribution in [0.4, 0.5) is 11.5 Å². The summed E-state index contributed by atoms with van der Waals surface area (Å²) < 4.78 is 0. The Kier molecular flexibility index (Phi) is 3.49. The highest BCUT2D eigenvalue weighted by Gasteiger charge is 2.18. The summed E-state index contributed by atoms with van der Waals surface area (Å²) in [7, 11) is 0. The second-order valence-electron chi connectivity index (χ2n) is 3.93. The zero-order chi connectivity index (χ0) is 11.5. The van der Waals surface area contributed by atoms with E-state index < -0.39 is 5.60 Å². The van der Waals surface area contributed by atoms with Gasteiger partial charge in [0.25, 0.3) is 0 Å². The Balaban J connectivity index is 2.62. The number of rotatable bonds is 4. The minimum Gasteiger partial charge on any atom is -0.397 e.